The Morgan fingerprint density at radius 3 is 2.16 bits per heavy atom. The zero-order valence-corrected chi connectivity index (χ0v) is 27.8. The molecule has 0 bridgehead atoms. The van der Waals surface area contributed by atoms with Crippen LogP contribution in [0.5, 0.6) is 11.5 Å². The summed E-state index contributed by atoms with van der Waals surface area (Å²) in [5.74, 6) is 2.20. The van der Waals surface area contributed by atoms with Gasteiger partial charge in [0, 0.05) is 42.0 Å². The summed E-state index contributed by atoms with van der Waals surface area (Å²) in [6.45, 7) is 20.6. The van der Waals surface area contributed by atoms with E-state index in [2.05, 4.69) is 80.1 Å². The first-order chi connectivity index (χ1) is 20.3. The van der Waals surface area contributed by atoms with Crippen molar-refractivity contribution in [1.29, 1.82) is 0 Å². The van der Waals surface area contributed by atoms with Crippen LogP contribution in [0.15, 0.2) is 34.3 Å². The maximum atomic E-state index is 11.1. The fraction of sp³-hybridized carbons (Fsp3) is 0.595. The lowest BCUT2D eigenvalue weighted by Gasteiger charge is -2.26. The molecule has 0 aliphatic carbocycles. The first-order valence-corrected chi connectivity index (χ1v) is 16.4. The van der Waals surface area contributed by atoms with E-state index in [1.54, 1.807) is 18.3 Å². The maximum Gasteiger partial charge on any atom is 0.246 e. The van der Waals surface area contributed by atoms with Gasteiger partial charge in [-0.25, -0.2) is 0 Å². The zero-order valence-electron chi connectivity index (χ0n) is 27.8. The predicted octanol–water partition coefficient (Wildman–Crippen LogP) is 7.16. The second-order valence-electron chi connectivity index (χ2n) is 14.6. The van der Waals surface area contributed by atoms with Crippen LogP contribution in [0.2, 0.25) is 0 Å². The molecule has 0 aromatic heterocycles. The number of hydrogen-bond donors (Lipinski definition) is 2. The lowest BCUT2D eigenvalue weighted by molar-refractivity contribution is -0.539. The van der Waals surface area contributed by atoms with E-state index in [-0.39, 0.29) is 10.8 Å². The molecular weight excluding hydrogens is 532 g/mol. The maximum absolute atomic E-state index is 11.1. The molecule has 0 amide bonds. The van der Waals surface area contributed by atoms with E-state index in [1.165, 1.54) is 50.8 Å². The second kappa shape index (κ2) is 14.1. The minimum atomic E-state index is -0.171. The van der Waals surface area contributed by atoms with Gasteiger partial charge in [0.15, 0.2) is 0 Å². The Morgan fingerprint density at radius 2 is 1.49 bits per heavy atom. The highest BCUT2D eigenvalue weighted by Crippen LogP contribution is 2.37. The fourth-order valence-electron chi connectivity index (χ4n) is 6.31. The number of aromatic hydroxyl groups is 2. The minimum Gasteiger partial charge on any atom is -0.507 e. The largest absolute Gasteiger partial charge is 0.507 e. The number of rotatable bonds is 9. The number of phenolic OH excluding ortho intramolecular Hbond substituents is 2. The molecule has 6 nitrogen and oxygen atoms in total. The Labute approximate surface area is 260 Å². The van der Waals surface area contributed by atoms with E-state index in [1.807, 2.05) is 12.1 Å². The van der Waals surface area contributed by atoms with Crippen molar-refractivity contribution in [3.63, 3.8) is 0 Å². The van der Waals surface area contributed by atoms with E-state index in [4.69, 9.17) is 0 Å². The molecule has 2 aliphatic rings. The normalized spacial score (nSPS) is 16.8. The van der Waals surface area contributed by atoms with Gasteiger partial charge in [-0.1, -0.05) is 53.7 Å². The monoisotopic (exact) mass is 587 g/mol. The van der Waals surface area contributed by atoms with Gasteiger partial charge in [-0.3, -0.25) is 19.5 Å². The molecule has 2 heterocycles. The Bertz CT molecular complexity index is 1360. The van der Waals surface area contributed by atoms with Gasteiger partial charge < -0.3 is 10.2 Å². The number of hydrogen-bond acceptors (Lipinski definition) is 5. The first kappa shape index (κ1) is 32.8. The van der Waals surface area contributed by atoms with Crippen LogP contribution in [0.4, 0.5) is 0 Å². The average Bonchev–Trinajstić information content (AvgIpc) is 3.18. The van der Waals surface area contributed by atoms with Crippen LogP contribution in [0.3, 0.4) is 0 Å². The molecule has 0 saturated heterocycles. The number of aliphatic imine (C=N–C) groups is 2. The standard InChI is InChI=1S/C37H54N4O2/c1-27-21-28(13-11-18-41-20-12-19-40-17-10-8-9-14-33(40)41)34(42)29(22-27)25-38-15-16-39-26-30-23-31(36(2,3)4)24-32(35(30)43)37(5,6)7/h21-26H,8-20H2,1-7H3,(H-,38,39,42,43)/p+1. The molecule has 0 unspecified atom stereocenters. The number of amidine groups is 1. The highest BCUT2D eigenvalue weighted by molar-refractivity contribution is 5.85. The van der Waals surface area contributed by atoms with Crippen molar-refractivity contribution < 1.29 is 14.8 Å². The molecule has 6 heteroatoms. The lowest BCUT2D eigenvalue weighted by Crippen LogP contribution is -2.44. The van der Waals surface area contributed by atoms with Crippen molar-refractivity contribution in [2.75, 3.05) is 39.3 Å². The minimum absolute atomic E-state index is 0.0300. The van der Waals surface area contributed by atoms with Crippen LogP contribution in [0.1, 0.15) is 113 Å². The van der Waals surface area contributed by atoms with Gasteiger partial charge in [0.05, 0.1) is 39.3 Å². The summed E-state index contributed by atoms with van der Waals surface area (Å²) in [5.41, 5.74) is 5.57. The molecule has 43 heavy (non-hydrogen) atoms. The first-order valence-electron chi connectivity index (χ1n) is 16.4. The quantitative estimate of drug-likeness (QED) is 0.186. The summed E-state index contributed by atoms with van der Waals surface area (Å²) >= 11 is 0. The molecule has 0 radical (unpaired) electrons. The summed E-state index contributed by atoms with van der Waals surface area (Å²) in [6, 6.07) is 8.28. The van der Waals surface area contributed by atoms with Crippen LogP contribution < -0.4 is 0 Å². The van der Waals surface area contributed by atoms with Crippen LogP contribution in [-0.2, 0) is 17.3 Å². The molecule has 2 aliphatic heterocycles. The number of aryl methyl sites for hydroxylation is 2. The van der Waals surface area contributed by atoms with E-state index >= 15 is 0 Å². The lowest BCUT2D eigenvalue weighted by atomic mass is 9.79. The van der Waals surface area contributed by atoms with Crippen molar-refractivity contribution in [2.45, 2.75) is 104 Å². The van der Waals surface area contributed by atoms with Crippen LogP contribution in [0, 0.1) is 6.92 Å². The third-order valence-electron chi connectivity index (χ3n) is 8.78. The molecule has 0 fully saturated rings. The van der Waals surface area contributed by atoms with Gasteiger partial charge >= 0.3 is 0 Å². The third-order valence-corrected chi connectivity index (χ3v) is 8.78. The van der Waals surface area contributed by atoms with E-state index in [9.17, 15) is 10.2 Å². The van der Waals surface area contributed by atoms with Crippen LogP contribution in [0.25, 0.3) is 0 Å². The van der Waals surface area contributed by atoms with E-state index in [0.29, 0.717) is 24.6 Å². The van der Waals surface area contributed by atoms with Gasteiger partial charge in [-0.2, -0.15) is 0 Å². The Balaban J connectivity index is 1.36. The van der Waals surface area contributed by atoms with Crippen molar-refractivity contribution in [1.82, 2.24) is 4.90 Å². The van der Waals surface area contributed by atoms with Crippen molar-refractivity contribution in [3.05, 3.63) is 57.6 Å². The van der Waals surface area contributed by atoms with Crippen molar-refractivity contribution in [3.8, 4) is 11.5 Å². The summed E-state index contributed by atoms with van der Waals surface area (Å²) in [7, 11) is 0. The summed E-state index contributed by atoms with van der Waals surface area (Å²) in [5, 5.41) is 22.1. The van der Waals surface area contributed by atoms with Gasteiger partial charge in [0.2, 0.25) is 5.84 Å². The molecular formula is C37H55N4O2+. The van der Waals surface area contributed by atoms with Gasteiger partial charge in [-0.15, -0.1) is 0 Å². The van der Waals surface area contributed by atoms with E-state index < -0.39 is 0 Å². The molecule has 234 valence electrons. The molecule has 0 spiro atoms. The molecule has 2 aromatic rings. The number of phenols is 2. The number of nitrogens with zero attached hydrogens (tertiary/aromatic N) is 4. The summed E-state index contributed by atoms with van der Waals surface area (Å²) in [6.07, 6.45) is 11.9. The topological polar surface area (TPSA) is 71.4 Å². The van der Waals surface area contributed by atoms with E-state index in [0.717, 1.165) is 53.7 Å². The SMILES string of the molecule is Cc1cc(C=NCCN=Cc2cc(C(C)(C)C)cc(C(C)(C)C)c2O)c(O)c(CCCN2CCC[N+]3=C2CCCCC3)c1. The smallest absolute Gasteiger partial charge is 0.246 e. The summed E-state index contributed by atoms with van der Waals surface area (Å²) in [4.78, 5) is 11.8. The van der Waals surface area contributed by atoms with Gasteiger partial charge in [-0.05, 0) is 78.7 Å². The average molecular weight is 588 g/mol. The van der Waals surface area contributed by atoms with Crippen LogP contribution in [-0.4, -0.2) is 77.2 Å². The zero-order chi connectivity index (χ0) is 31.2. The Hall–Kier alpha value is -3.15. The Kier molecular flexibility index (Phi) is 10.7. The third kappa shape index (κ3) is 8.70. The molecule has 2 aromatic carbocycles. The highest BCUT2D eigenvalue weighted by atomic mass is 16.3. The highest BCUT2D eigenvalue weighted by Gasteiger charge is 2.28. The molecule has 0 atom stereocenters. The second-order valence-corrected chi connectivity index (χ2v) is 14.6. The Morgan fingerprint density at radius 1 is 0.814 bits per heavy atom. The van der Waals surface area contributed by atoms with Gasteiger partial charge in [0.25, 0.3) is 0 Å². The van der Waals surface area contributed by atoms with Gasteiger partial charge in [0.1, 0.15) is 11.5 Å². The fourth-order valence-corrected chi connectivity index (χ4v) is 6.31. The summed E-state index contributed by atoms with van der Waals surface area (Å²) < 4.78 is 2.62. The van der Waals surface area contributed by atoms with Crippen molar-refractivity contribution >= 4 is 18.3 Å². The van der Waals surface area contributed by atoms with Crippen molar-refractivity contribution in [2.24, 2.45) is 9.98 Å². The molecule has 4 rings (SSSR count). The number of benzene rings is 2. The molecule has 2 N–H and O–H groups in total. The predicted molar refractivity (Wildman–Crippen MR) is 181 cm³/mol. The van der Waals surface area contributed by atoms with Crippen LogP contribution >= 0.6 is 0 Å². The molecule has 0 saturated carbocycles.